The van der Waals surface area contributed by atoms with E-state index in [4.69, 9.17) is 10.8 Å². The van der Waals surface area contributed by atoms with Crippen LogP contribution in [0.25, 0.3) is 0 Å². The number of carboxylic acids is 1. The van der Waals surface area contributed by atoms with Crippen molar-refractivity contribution in [2.24, 2.45) is 35.3 Å². The minimum absolute atomic E-state index is 0.605. The van der Waals surface area contributed by atoms with Crippen LogP contribution in [-0.2, 0) is 4.79 Å². The average Bonchev–Trinajstić information content (AvgIpc) is 2.26. The Labute approximate surface area is 102 Å². The fourth-order valence-electron chi connectivity index (χ4n) is 4.61. The van der Waals surface area contributed by atoms with E-state index in [0.717, 1.165) is 23.7 Å². The molecule has 4 saturated carbocycles. The van der Waals surface area contributed by atoms with Crippen molar-refractivity contribution in [3.63, 3.8) is 0 Å². The van der Waals surface area contributed by atoms with Gasteiger partial charge in [0.2, 0.25) is 0 Å². The van der Waals surface area contributed by atoms with Crippen molar-refractivity contribution in [2.45, 2.75) is 38.1 Å². The minimum atomic E-state index is -0.926. The quantitative estimate of drug-likeness (QED) is 0.736. The van der Waals surface area contributed by atoms with E-state index in [1.807, 2.05) is 0 Å². The monoisotopic (exact) mass is 235 g/mol. The summed E-state index contributed by atoms with van der Waals surface area (Å²) in [7, 11) is 0. The van der Waals surface area contributed by atoms with E-state index in [0.29, 0.717) is 5.92 Å². The van der Waals surface area contributed by atoms with E-state index in [-0.39, 0.29) is 0 Å². The highest BCUT2D eigenvalue weighted by Gasteiger charge is 2.47. The fourth-order valence-corrected chi connectivity index (χ4v) is 4.61. The third-order valence-electron chi connectivity index (χ3n) is 5.13. The van der Waals surface area contributed by atoms with Gasteiger partial charge < -0.3 is 10.8 Å². The largest absolute Gasteiger partial charge is 0.480 e. The Hall–Kier alpha value is -0.830. The molecule has 0 aromatic carbocycles. The second-order valence-electron chi connectivity index (χ2n) is 6.26. The van der Waals surface area contributed by atoms with Gasteiger partial charge in [-0.25, -0.2) is 0 Å². The van der Waals surface area contributed by atoms with Gasteiger partial charge in [-0.1, -0.05) is 12.2 Å². The standard InChI is InChI=1S/C14H21NO2/c15-13(14(16)17)2-1-12-10-4-8-3-9(6-10)7-11(12)5-8/h1-2,8-13H,3-7,15H2,(H,16,17)/b2-1+. The number of aliphatic carboxylic acids is 1. The number of nitrogens with two attached hydrogens (primary N) is 1. The summed E-state index contributed by atoms with van der Waals surface area (Å²) in [5.74, 6) is 3.23. The smallest absolute Gasteiger partial charge is 0.324 e. The summed E-state index contributed by atoms with van der Waals surface area (Å²) in [4.78, 5) is 10.7. The van der Waals surface area contributed by atoms with Gasteiger partial charge in [0.15, 0.2) is 0 Å². The molecule has 0 spiro atoms. The minimum Gasteiger partial charge on any atom is -0.480 e. The Morgan fingerprint density at radius 2 is 1.65 bits per heavy atom. The number of allylic oxidation sites excluding steroid dienone is 1. The molecule has 94 valence electrons. The molecule has 4 aliphatic carbocycles. The summed E-state index contributed by atoms with van der Waals surface area (Å²) in [6.07, 6.45) is 10.7. The maximum absolute atomic E-state index is 10.7. The number of carbonyl (C=O) groups is 1. The number of rotatable bonds is 3. The molecule has 4 bridgehead atoms. The van der Waals surface area contributed by atoms with Crippen molar-refractivity contribution in [2.75, 3.05) is 0 Å². The molecule has 1 atom stereocenters. The first-order valence-corrected chi connectivity index (χ1v) is 6.80. The molecule has 0 aromatic rings. The predicted molar refractivity (Wildman–Crippen MR) is 65.3 cm³/mol. The zero-order valence-corrected chi connectivity index (χ0v) is 10.1. The van der Waals surface area contributed by atoms with Gasteiger partial charge in [-0.05, 0) is 61.7 Å². The second kappa shape index (κ2) is 4.13. The van der Waals surface area contributed by atoms with E-state index in [1.54, 1.807) is 6.08 Å². The Balaban J connectivity index is 1.70. The van der Waals surface area contributed by atoms with Crippen LogP contribution in [-0.4, -0.2) is 17.1 Å². The summed E-state index contributed by atoms with van der Waals surface area (Å²) in [5, 5.41) is 8.79. The van der Waals surface area contributed by atoms with Crippen LogP contribution >= 0.6 is 0 Å². The Kier molecular flexibility index (Phi) is 2.74. The van der Waals surface area contributed by atoms with Gasteiger partial charge in [0.05, 0.1) is 0 Å². The molecule has 0 amide bonds. The molecular formula is C14H21NO2. The molecule has 0 radical (unpaired) electrons. The number of carboxylic acid groups (broad SMARTS) is 1. The highest BCUT2D eigenvalue weighted by molar-refractivity contribution is 5.75. The summed E-state index contributed by atoms with van der Waals surface area (Å²) >= 11 is 0. The zero-order valence-electron chi connectivity index (χ0n) is 10.1. The molecule has 1 unspecified atom stereocenters. The van der Waals surface area contributed by atoms with Crippen LogP contribution in [0.2, 0.25) is 0 Å². The topological polar surface area (TPSA) is 63.3 Å². The van der Waals surface area contributed by atoms with Crippen molar-refractivity contribution in [3.8, 4) is 0 Å². The Morgan fingerprint density at radius 3 is 2.12 bits per heavy atom. The van der Waals surface area contributed by atoms with Gasteiger partial charge in [0, 0.05) is 0 Å². The summed E-state index contributed by atoms with van der Waals surface area (Å²) in [6, 6.07) is -0.827. The molecule has 3 heteroatoms. The normalized spacial score (nSPS) is 45.4. The van der Waals surface area contributed by atoms with E-state index >= 15 is 0 Å². The lowest BCUT2D eigenvalue weighted by Gasteiger charge is -2.53. The van der Waals surface area contributed by atoms with Crippen LogP contribution in [0.15, 0.2) is 12.2 Å². The average molecular weight is 235 g/mol. The van der Waals surface area contributed by atoms with E-state index in [9.17, 15) is 4.79 Å². The molecule has 4 aliphatic rings. The molecule has 0 saturated heterocycles. The molecule has 4 rings (SSSR count). The molecule has 4 fully saturated rings. The zero-order chi connectivity index (χ0) is 12.0. The summed E-state index contributed by atoms with van der Waals surface area (Å²) < 4.78 is 0. The summed E-state index contributed by atoms with van der Waals surface area (Å²) in [5.41, 5.74) is 5.53. The highest BCUT2D eigenvalue weighted by atomic mass is 16.4. The van der Waals surface area contributed by atoms with Crippen molar-refractivity contribution >= 4 is 5.97 Å². The van der Waals surface area contributed by atoms with E-state index in [2.05, 4.69) is 6.08 Å². The van der Waals surface area contributed by atoms with Gasteiger partial charge in [-0.15, -0.1) is 0 Å². The van der Waals surface area contributed by atoms with Crippen LogP contribution in [0.1, 0.15) is 32.1 Å². The SMILES string of the molecule is NC(/C=C/C1C2CC3CC(C2)CC1C3)C(=O)O. The van der Waals surface area contributed by atoms with Crippen LogP contribution in [0.5, 0.6) is 0 Å². The van der Waals surface area contributed by atoms with Gasteiger partial charge in [0.1, 0.15) is 6.04 Å². The van der Waals surface area contributed by atoms with E-state index in [1.165, 1.54) is 32.1 Å². The Bertz CT molecular complexity index is 322. The van der Waals surface area contributed by atoms with Crippen LogP contribution in [0.3, 0.4) is 0 Å². The molecule has 3 N–H and O–H groups in total. The first kappa shape index (κ1) is 11.3. The first-order chi connectivity index (χ1) is 8.13. The van der Waals surface area contributed by atoms with Gasteiger partial charge in [0.25, 0.3) is 0 Å². The lowest BCUT2D eigenvalue weighted by atomic mass is 9.52. The van der Waals surface area contributed by atoms with Gasteiger partial charge >= 0.3 is 5.97 Å². The molecule has 0 aromatic heterocycles. The maximum atomic E-state index is 10.7. The van der Waals surface area contributed by atoms with Gasteiger partial charge in [-0.2, -0.15) is 0 Å². The molecule has 0 heterocycles. The number of hydrogen-bond acceptors (Lipinski definition) is 2. The second-order valence-corrected chi connectivity index (χ2v) is 6.26. The third kappa shape index (κ3) is 2.01. The van der Waals surface area contributed by atoms with Crippen molar-refractivity contribution in [1.82, 2.24) is 0 Å². The van der Waals surface area contributed by atoms with Crippen LogP contribution in [0.4, 0.5) is 0 Å². The molecule has 17 heavy (non-hydrogen) atoms. The van der Waals surface area contributed by atoms with Crippen molar-refractivity contribution in [1.29, 1.82) is 0 Å². The molecule has 3 nitrogen and oxygen atoms in total. The first-order valence-electron chi connectivity index (χ1n) is 6.80. The molecular weight excluding hydrogens is 214 g/mol. The third-order valence-corrected chi connectivity index (χ3v) is 5.13. The Morgan fingerprint density at radius 1 is 1.12 bits per heavy atom. The van der Waals surface area contributed by atoms with Gasteiger partial charge in [-0.3, -0.25) is 4.79 Å². The van der Waals surface area contributed by atoms with E-state index < -0.39 is 12.0 Å². The predicted octanol–water partition coefficient (Wildman–Crippen LogP) is 2.03. The van der Waals surface area contributed by atoms with Crippen molar-refractivity contribution < 1.29 is 9.90 Å². The lowest BCUT2D eigenvalue weighted by Crippen LogP contribution is -2.44. The maximum Gasteiger partial charge on any atom is 0.324 e. The highest BCUT2D eigenvalue weighted by Crippen LogP contribution is 2.56. The van der Waals surface area contributed by atoms with Crippen molar-refractivity contribution in [3.05, 3.63) is 12.2 Å². The summed E-state index contributed by atoms with van der Waals surface area (Å²) in [6.45, 7) is 0. The molecule has 0 aliphatic heterocycles. The van der Waals surface area contributed by atoms with Crippen LogP contribution < -0.4 is 5.73 Å². The fraction of sp³-hybridized carbons (Fsp3) is 0.786. The van der Waals surface area contributed by atoms with Crippen LogP contribution in [0, 0.1) is 29.6 Å². The lowest BCUT2D eigenvalue weighted by molar-refractivity contribution is -0.137. The number of hydrogen-bond donors (Lipinski definition) is 2.